The van der Waals surface area contributed by atoms with Crippen molar-refractivity contribution in [1.82, 2.24) is 4.98 Å². The van der Waals surface area contributed by atoms with Gasteiger partial charge in [0.15, 0.2) is 0 Å². The summed E-state index contributed by atoms with van der Waals surface area (Å²) in [5.41, 5.74) is 0.472. The SMILES string of the molecule is COc1ccc(OC)c(S(=O)(=O)Nc2cccc3cnccc23)c1. The number of fused-ring (bicyclic) bond motifs is 1. The molecule has 1 aromatic heterocycles. The summed E-state index contributed by atoms with van der Waals surface area (Å²) in [6.07, 6.45) is 3.30. The summed E-state index contributed by atoms with van der Waals surface area (Å²) in [4.78, 5) is 4.05. The van der Waals surface area contributed by atoms with E-state index < -0.39 is 10.0 Å². The van der Waals surface area contributed by atoms with Crippen molar-refractivity contribution in [3.8, 4) is 11.5 Å². The number of benzene rings is 2. The normalized spacial score (nSPS) is 11.2. The highest BCUT2D eigenvalue weighted by atomic mass is 32.2. The number of rotatable bonds is 5. The van der Waals surface area contributed by atoms with Gasteiger partial charge in [0.25, 0.3) is 10.0 Å². The van der Waals surface area contributed by atoms with Crippen LogP contribution in [0, 0.1) is 0 Å². The zero-order valence-electron chi connectivity index (χ0n) is 13.2. The minimum atomic E-state index is -3.86. The Morgan fingerprint density at radius 1 is 1.04 bits per heavy atom. The monoisotopic (exact) mass is 344 g/mol. The van der Waals surface area contributed by atoms with Gasteiger partial charge in [-0.05, 0) is 24.3 Å². The molecule has 3 rings (SSSR count). The van der Waals surface area contributed by atoms with E-state index in [0.717, 1.165) is 10.8 Å². The molecule has 0 fully saturated rings. The Balaban J connectivity index is 2.08. The third-order valence-electron chi connectivity index (χ3n) is 3.59. The number of nitrogens with zero attached hydrogens (tertiary/aromatic N) is 1. The van der Waals surface area contributed by atoms with E-state index in [0.29, 0.717) is 11.4 Å². The van der Waals surface area contributed by atoms with Crippen LogP contribution in [0.15, 0.2) is 59.8 Å². The first-order valence-corrected chi connectivity index (χ1v) is 8.61. The number of aromatic nitrogens is 1. The van der Waals surface area contributed by atoms with E-state index in [9.17, 15) is 8.42 Å². The van der Waals surface area contributed by atoms with Crippen LogP contribution in [-0.2, 0) is 10.0 Å². The molecule has 3 aromatic rings. The highest BCUT2D eigenvalue weighted by Gasteiger charge is 2.21. The molecule has 0 saturated carbocycles. The first-order chi connectivity index (χ1) is 11.5. The Morgan fingerprint density at radius 3 is 2.62 bits per heavy atom. The van der Waals surface area contributed by atoms with E-state index >= 15 is 0 Å². The van der Waals surface area contributed by atoms with Crippen molar-refractivity contribution >= 4 is 26.5 Å². The van der Waals surface area contributed by atoms with Gasteiger partial charge in [0.05, 0.1) is 19.9 Å². The Labute approximate surface area is 140 Å². The number of hydrogen-bond donors (Lipinski definition) is 1. The zero-order chi connectivity index (χ0) is 17.2. The fourth-order valence-electron chi connectivity index (χ4n) is 2.41. The van der Waals surface area contributed by atoms with Gasteiger partial charge in [0.2, 0.25) is 0 Å². The van der Waals surface area contributed by atoms with Crippen LogP contribution < -0.4 is 14.2 Å². The molecule has 0 aliphatic rings. The molecular formula is C17H16N2O4S. The summed E-state index contributed by atoms with van der Waals surface area (Å²) in [5, 5.41) is 1.60. The van der Waals surface area contributed by atoms with Crippen molar-refractivity contribution in [2.24, 2.45) is 0 Å². The summed E-state index contributed by atoms with van der Waals surface area (Å²) >= 11 is 0. The highest BCUT2D eigenvalue weighted by Crippen LogP contribution is 2.31. The van der Waals surface area contributed by atoms with Gasteiger partial charge in [-0.2, -0.15) is 0 Å². The van der Waals surface area contributed by atoms with Gasteiger partial charge in [-0.3, -0.25) is 9.71 Å². The average Bonchev–Trinajstić information content (AvgIpc) is 2.61. The van der Waals surface area contributed by atoms with Gasteiger partial charge in [-0.1, -0.05) is 12.1 Å². The van der Waals surface area contributed by atoms with Crippen LogP contribution in [0.5, 0.6) is 11.5 Å². The van der Waals surface area contributed by atoms with E-state index in [4.69, 9.17) is 9.47 Å². The second-order valence-electron chi connectivity index (χ2n) is 5.02. The Morgan fingerprint density at radius 2 is 1.88 bits per heavy atom. The third kappa shape index (κ3) is 2.98. The summed E-state index contributed by atoms with van der Waals surface area (Å²) in [5.74, 6) is 0.670. The smallest absolute Gasteiger partial charge is 0.265 e. The number of sulfonamides is 1. The minimum Gasteiger partial charge on any atom is -0.497 e. The number of nitrogens with one attached hydrogen (secondary N) is 1. The molecule has 0 spiro atoms. The van der Waals surface area contributed by atoms with E-state index in [1.54, 1.807) is 42.7 Å². The molecule has 7 heteroatoms. The van der Waals surface area contributed by atoms with Crippen molar-refractivity contribution in [2.45, 2.75) is 4.90 Å². The molecule has 0 saturated heterocycles. The van der Waals surface area contributed by atoms with Crippen molar-refractivity contribution < 1.29 is 17.9 Å². The average molecular weight is 344 g/mol. The lowest BCUT2D eigenvalue weighted by Gasteiger charge is -2.14. The van der Waals surface area contributed by atoms with Crippen molar-refractivity contribution in [3.05, 3.63) is 54.9 Å². The molecule has 0 aliphatic carbocycles. The van der Waals surface area contributed by atoms with Gasteiger partial charge in [0, 0.05) is 29.2 Å². The molecule has 2 aromatic carbocycles. The van der Waals surface area contributed by atoms with Crippen molar-refractivity contribution in [3.63, 3.8) is 0 Å². The Kier molecular flexibility index (Phi) is 4.26. The second kappa shape index (κ2) is 6.37. The third-order valence-corrected chi connectivity index (χ3v) is 4.97. The molecule has 124 valence electrons. The molecule has 1 N–H and O–H groups in total. The van der Waals surface area contributed by atoms with Crippen molar-refractivity contribution in [1.29, 1.82) is 0 Å². The summed E-state index contributed by atoms with van der Waals surface area (Å²) < 4.78 is 38.6. The second-order valence-corrected chi connectivity index (χ2v) is 6.68. The molecule has 6 nitrogen and oxygen atoms in total. The first-order valence-electron chi connectivity index (χ1n) is 7.13. The van der Waals surface area contributed by atoms with Gasteiger partial charge >= 0.3 is 0 Å². The maximum absolute atomic E-state index is 12.8. The quantitative estimate of drug-likeness (QED) is 0.770. The van der Waals surface area contributed by atoms with Crippen LogP contribution in [0.25, 0.3) is 10.8 Å². The standard InChI is InChI=1S/C17H16N2O4S/c1-22-13-6-7-16(23-2)17(10-13)24(20,21)19-15-5-3-4-12-11-18-9-8-14(12)15/h3-11,19H,1-2H3. The van der Waals surface area contributed by atoms with Crippen molar-refractivity contribution in [2.75, 3.05) is 18.9 Å². The molecule has 0 bridgehead atoms. The fourth-order valence-corrected chi connectivity index (χ4v) is 3.67. The maximum atomic E-state index is 12.8. The minimum absolute atomic E-state index is 0.00964. The molecule has 1 heterocycles. The van der Waals surface area contributed by atoms with E-state index in [1.807, 2.05) is 6.07 Å². The van der Waals surface area contributed by atoms with E-state index in [2.05, 4.69) is 9.71 Å². The lowest BCUT2D eigenvalue weighted by Crippen LogP contribution is -2.14. The number of hydrogen-bond acceptors (Lipinski definition) is 5. The maximum Gasteiger partial charge on any atom is 0.265 e. The lowest BCUT2D eigenvalue weighted by molar-refractivity contribution is 0.392. The summed E-state index contributed by atoms with van der Waals surface area (Å²) in [6.45, 7) is 0. The predicted molar refractivity (Wildman–Crippen MR) is 92.1 cm³/mol. The number of ether oxygens (including phenoxy) is 2. The van der Waals surface area contributed by atoms with Crippen LogP contribution in [0.2, 0.25) is 0 Å². The topological polar surface area (TPSA) is 77.5 Å². The van der Waals surface area contributed by atoms with E-state index in [1.165, 1.54) is 20.3 Å². The fraction of sp³-hybridized carbons (Fsp3) is 0.118. The number of anilines is 1. The molecule has 0 atom stereocenters. The van der Waals surface area contributed by atoms with Crippen LogP contribution in [0.4, 0.5) is 5.69 Å². The van der Waals surface area contributed by atoms with Crippen LogP contribution in [-0.4, -0.2) is 27.6 Å². The summed E-state index contributed by atoms with van der Waals surface area (Å²) in [7, 11) is -0.959. The largest absolute Gasteiger partial charge is 0.497 e. The van der Waals surface area contributed by atoms with Gasteiger partial charge in [0.1, 0.15) is 16.4 Å². The van der Waals surface area contributed by atoms with Gasteiger partial charge < -0.3 is 9.47 Å². The van der Waals surface area contributed by atoms with E-state index in [-0.39, 0.29) is 10.6 Å². The molecular weight excluding hydrogens is 328 g/mol. The number of methoxy groups -OCH3 is 2. The zero-order valence-corrected chi connectivity index (χ0v) is 14.0. The van der Waals surface area contributed by atoms with Crippen LogP contribution in [0.3, 0.4) is 0 Å². The molecule has 0 aliphatic heterocycles. The Hall–Kier alpha value is -2.80. The first kappa shape index (κ1) is 16.1. The predicted octanol–water partition coefficient (Wildman–Crippen LogP) is 3.05. The highest BCUT2D eigenvalue weighted by molar-refractivity contribution is 7.92. The molecule has 0 unspecified atom stereocenters. The Bertz CT molecular complexity index is 982. The van der Waals surface area contributed by atoms with Gasteiger partial charge in [-0.25, -0.2) is 8.42 Å². The molecule has 0 radical (unpaired) electrons. The van der Waals surface area contributed by atoms with Gasteiger partial charge in [-0.15, -0.1) is 0 Å². The van der Waals surface area contributed by atoms with Crippen LogP contribution >= 0.6 is 0 Å². The summed E-state index contributed by atoms with van der Waals surface area (Å²) in [6, 6.07) is 11.7. The lowest BCUT2D eigenvalue weighted by atomic mass is 10.1. The molecule has 24 heavy (non-hydrogen) atoms. The van der Waals surface area contributed by atoms with Crippen LogP contribution in [0.1, 0.15) is 0 Å². The molecule has 0 amide bonds. The number of pyridine rings is 1.